The molecule has 0 atom stereocenters. The number of nitrogens with one attached hydrogen (secondary N) is 2. The van der Waals surface area contributed by atoms with Crippen LogP contribution < -0.4 is 20.1 Å². The number of hydrogen-bond acceptors (Lipinski definition) is 6. The van der Waals surface area contributed by atoms with Crippen LogP contribution in [0.5, 0.6) is 11.5 Å². The molecule has 0 aromatic heterocycles. The van der Waals surface area contributed by atoms with Crippen LogP contribution in [0.3, 0.4) is 0 Å². The first-order chi connectivity index (χ1) is 12.4. The lowest BCUT2D eigenvalue weighted by atomic mass is 10.2. The predicted molar refractivity (Wildman–Crippen MR) is 86.4 cm³/mol. The summed E-state index contributed by atoms with van der Waals surface area (Å²) in [5.74, 6) is -2.05. The van der Waals surface area contributed by atoms with E-state index in [2.05, 4.69) is 10.1 Å². The second kappa shape index (κ2) is 10.9. The highest BCUT2D eigenvalue weighted by molar-refractivity contribution is 5.97. The molecule has 0 saturated heterocycles. The van der Waals surface area contributed by atoms with E-state index in [-0.39, 0.29) is 17.1 Å². The minimum Gasteiger partial charge on any atom is -0.493 e. The van der Waals surface area contributed by atoms with Crippen molar-refractivity contribution in [1.29, 1.82) is 0 Å². The molecule has 2 N–H and O–H groups in total. The zero-order valence-corrected chi connectivity index (χ0v) is 14.3. The van der Waals surface area contributed by atoms with Crippen molar-refractivity contribution in [2.45, 2.75) is 26.4 Å². The number of halogens is 2. The highest BCUT2D eigenvalue weighted by Crippen LogP contribution is 2.29. The summed E-state index contributed by atoms with van der Waals surface area (Å²) in [6.07, 6.45) is 1.65. The lowest BCUT2D eigenvalue weighted by Crippen LogP contribution is -2.41. The minimum absolute atomic E-state index is 0.0383. The van der Waals surface area contributed by atoms with Crippen LogP contribution in [0, 0.1) is 0 Å². The number of esters is 1. The minimum atomic E-state index is -3.05. The Labute approximate surface area is 148 Å². The first-order valence-electron chi connectivity index (χ1n) is 7.75. The smallest absolute Gasteiger partial charge is 0.387 e. The summed E-state index contributed by atoms with van der Waals surface area (Å²) in [6, 6.07) is 2.74. The Morgan fingerprint density at radius 1 is 1.19 bits per heavy atom. The number of unbranched alkanes of at least 4 members (excludes halogenated alkanes) is 1. The van der Waals surface area contributed by atoms with E-state index in [4.69, 9.17) is 9.47 Å². The summed E-state index contributed by atoms with van der Waals surface area (Å²) in [7, 11) is 1.22. The van der Waals surface area contributed by atoms with Gasteiger partial charge in [-0.15, -0.1) is 0 Å². The molecular formula is C16H20F2N2O6. The molecule has 8 nitrogen and oxygen atoms in total. The molecule has 0 heterocycles. The number of methoxy groups -OCH3 is 1. The highest BCUT2D eigenvalue weighted by atomic mass is 19.3. The lowest BCUT2D eigenvalue weighted by Gasteiger charge is -2.11. The molecule has 144 valence electrons. The largest absolute Gasteiger partial charge is 0.493 e. The Morgan fingerprint density at radius 3 is 2.54 bits per heavy atom. The average molecular weight is 374 g/mol. The summed E-state index contributed by atoms with van der Waals surface area (Å²) in [4.78, 5) is 34.8. The van der Waals surface area contributed by atoms with Crippen LogP contribution in [-0.2, 0) is 9.53 Å². The van der Waals surface area contributed by atoms with Crippen molar-refractivity contribution in [2.24, 2.45) is 0 Å². The summed E-state index contributed by atoms with van der Waals surface area (Å²) >= 11 is 0. The normalized spacial score (nSPS) is 10.2. The van der Waals surface area contributed by atoms with Crippen molar-refractivity contribution in [1.82, 2.24) is 10.6 Å². The molecular weight excluding hydrogens is 354 g/mol. The van der Waals surface area contributed by atoms with Gasteiger partial charge in [0.2, 0.25) is 0 Å². The van der Waals surface area contributed by atoms with Crippen molar-refractivity contribution in [3.63, 3.8) is 0 Å². The van der Waals surface area contributed by atoms with Gasteiger partial charge in [-0.2, -0.15) is 8.78 Å². The molecule has 0 aliphatic rings. The van der Waals surface area contributed by atoms with Crippen LogP contribution >= 0.6 is 0 Å². The first kappa shape index (κ1) is 21.1. The second-order valence-corrected chi connectivity index (χ2v) is 4.98. The van der Waals surface area contributed by atoms with Crippen LogP contribution in [0.25, 0.3) is 0 Å². The number of imide groups is 1. The second-order valence-electron chi connectivity index (χ2n) is 4.98. The zero-order chi connectivity index (χ0) is 19.5. The van der Waals surface area contributed by atoms with E-state index in [0.717, 1.165) is 25.0 Å². The Hall–Kier alpha value is -2.91. The molecule has 0 bridgehead atoms. The van der Waals surface area contributed by atoms with Gasteiger partial charge in [-0.1, -0.05) is 13.3 Å². The highest BCUT2D eigenvalue weighted by Gasteiger charge is 2.16. The Bertz CT molecular complexity index is 639. The Morgan fingerprint density at radius 2 is 1.92 bits per heavy atom. The fourth-order valence-corrected chi connectivity index (χ4v) is 1.79. The number of rotatable bonds is 9. The van der Waals surface area contributed by atoms with Gasteiger partial charge in [-0.3, -0.25) is 10.1 Å². The maximum atomic E-state index is 12.3. The van der Waals surface area contributed by atoms with Crippen molar-refractivity contribution in [3.05, 3.63) is 23.8 Å². The fourth-order valence-electron chi connectivity index (χ4n) is 1.79. The van der Waals surface area contributed by atoms with Crippen LogP contribution in [0.1, 0.15) is 30.1 Å². The monoisotopic (exact) mass is 374 g/mol. The van der Waals surface area contributed by atoms with Gasteiger partial charge < -0.3 is 19.5 Å². The molecule has 1 aromatic rings. The quantitative estimate of drug-likeness (QED) is 0.507. The molecule has 0 fully saturated rings. The van der Waals surface area contributed by atoms with Crippen molar-refractivity contribution in [2.75, 3.05) is 20.3 Å². The molecule has 0 unspecified atom stereocenters. The van der Waals surface area contributed by atoms with Crippen LogP contribution in [-0.4, -0.2) is 44.8 Å². The van der Waals surface area contributed by atoms with Crippen LogP contribution in [0.15, 0.2) is 18.2 Å². The molecule has 1 aromatic carbocycles. The van der Waals surface area contributed by atoms with Crippen molar-refractivity contribution >= 4 is 17.9 Å². The SMILES string of the molecule is CCCCNC(=O)NC(=O)COC(=O)c1ccc(OC(F)F)c(OC)c1. The van der Waals surface area contributed by atoms with E-state index in [0.29, 0.717) is 6.54 Å². The summed E-state index contributed by atoms with van der Waals surface area (Å²) in [6.45, 7) is -1.36. The number of alkyl halides is 2. The first-order valence-corrected chi connectivity index (χ1v) is 7.75. The van der Waals surface area contributed by atoms with Gasteiger partial charge >= 0.3 is 18.6 Å². The van der Waals surface area contributed by atoms with Crippen molar-refractivity contribution in [3.8, 4) is 11.5 Å². The number of amides is 3. The molecule has 0 aliphatic heterocycles. The van der Waals surface area contributed by atoms with E-state index in [9.17, 15) is 23.2 Å². The number of benzene rings is 1. The predicted octanol–water partition coefficient (Wildman–Crippen LogP) is 2.08. The van der Waals surface area contributed by atoms with E-state index in [1.54, 1.807) is 0 Å². The standard InChI is InChI=1S/C16H20F2N2O6/c1-3-4-7-19-16(23)20-13(21)9-25-14(22)10-5-6-11(26-15(17)18)12(8-10)24-2/h5-6,8,15H,3-4,7,9H2,1-2H3,(H2,19,20,21,23). The summed E-state index contributed by atoms with van der Waals surface area (Å²) in [5.41, 5.74) is -0.0383. The third-order valence-electron chi connectivity index (χ3n) is 3.02. The van der Waals surface area contributed by atoms with Gasteiger partial charge in [0, 0.05) is 6.54 Å². The zero-order valence-electron chi connectivity index (χ0n) is 14.3. The molecule has 26 heavy (non-hydrogen) atoms. The van der Waals surface area contributed by atoms with Gasteiger partial charge in [-0.25, -0.2) is 9.59 Å². The lowest BCUT2D eigenvalue weighted by molar-refractivity contribution is -0.123. The van der Waals surface area contributed by atoms with Gasteiger partial charge in [0.15, 0.2) is 18.1 Å². The van der Waals surface area contributed by atoms with E-state index < -0.39 is 31.1 Å². The molecule has 0 aliphatic carbocycles. The van der Waals surface area contributed by atoms with Gasteiger partial charge in [-0.05, 0) is 24.6 Å². The van der Waals surface area contributed by atoms with Gasteiger partial charge in [0.1, 0.15) is 0 Å². The van der Waals surface area contributed by atoms with E-state index in [1.807, 2.05) is 12.2 Å². The average Bonchev–Trinajstić information content (AvgIpc) is 2.59. The molecule has 1 rings (SSSR count). The van der Waals surface area contributed by atoms with Gasteiger partial charge in [0.05, 0.1) is 12.7 Å². The number of hydrogen-bond donors (Lipinski definition) is 2. The molecule has 10 heteroatoms. The summed E-state index contributed by atoms with van der Waals surface area (Å²) in [5, 5.41) is 4.47. The molecule has 0 saturated carbocycles. The Kier molecular flexibility index (Phi) is 8.82. The molecule has 3 amide bonds. The topological polar surface area (TPSA) is 103 Å². The molecule has 0 spiro atoms. The van der Waals surface area contributed by atoms with E-state index in [1.165, 1.54) is 13.2 Å². The van der Waals surface area contributed by atoms with Crippen LogP contribution in [0.2, 0.25) is 0 Å². The summed E-state index contributed by atoms with van der Waals surface area (Å²) < 4.78 is 38.4. The Balaban J connectivity index is 2.54. The van der Waals surface area contributed by atoms with E-state index >= 15 is 0 Å². The maximum absolute atomic E-state index is 12.3. The van der Waals surface area contributed by atoms with Crippen LogP contribution in [0.4, 0.5) is 13.6 Å². The van der Waals surface area contributed by atoms with Crippen molar-refractivity contribution < 1.29 is 37.4 Å². The molecule has 0 radical (unpaired) electrons. The third kappa shape index (κ3) is 7.32. The number of ether oxygens (including phenoxy) is 3. The number of carbonyl (C=O) groups is 3. The fraction of sp³-hybridized carbons (Fsp3) is 0.438. The number of urea groups is 1. The third-order valence-corrected chi connectivity index (χ3v) is 3.02. The maximum Gasteiger partial charge on any atom is 0.387 e. The number of carbonyl (C=O) groups excluding carboxylic acids is 3. The van der Waals surface area contributed by atoms with Gasteiger partial charge in [0.25, 0.3) is 5.91 Å².